The highest BCUT2D eigenvalue weighted by Crippen LogP contribution is 2.27. The molecular formula is C23H19ClFN5O3S. The molecule has 2 heterocycles. The number of halogens is 2. The van der Waals surface area contributed by atoms with Crippen LogP contribution in [0.15, 0.2) is 65.7 Å². The van der Waals surface area contributed by atoms with Crippen molar-refractivity contribution in [2.45, 2.75) is 4.90 Å². The van der Waals surface area contributed by atoms with Gasteiger partial charge in [-0.3, -0.25) is 9.52 Å². The van der Waals surface area contributed by atoms with Gasteiger partial charge in [0.2, 0.25) is 0 Å². The average Bonchev–Trinajstić information content (AvgIpc) is 2.85. The summed E-state index contributed by atoms with van der Waals surface area (Å²) in [5, 5.41) is 9.41. The fourth-order valence-electron chi connectivity index (χ4n) is 3.59. The molecule has 1 saturated heterocycles. The van der Waals surface area contributed by atoms with Crippen LogP contribution in [0.1, 0.15) is 15.9 Å². The number of aromatic nitrogens is 1. The molecular weight excluding hydrogens is 481 g/mol. The Morgan fingerprint density at radius 3 is 2.47 bits per heavy atom. The molecule has 1 N–H and O–H groups in total. The first-order valence-corrected chi connectivity index (χ1v) is 12.1. The molecule has 0 saturated carbocycles. The van der Waals surface area contributed by atoms with Crippen LogP contribution in [0.2, 0.25) is 5.02 Å². The molecule has 3 aromatic rings. The number of nitrogens with one attached hydrogen (secondary N) is 1. The SMILES string of the molecule is N#Cc1cccnc1N1CCN(C(=O)c2ccc(Cl)c(NS(=O)(=O)c3ccc(F)cc3)c2)CC1. The van der Waals surface area contributed by atoms with Crippen molar-refractivity contribution in [1.82, 2.24) is 9.88 Å². The Kier molecular flexibility index (Phi) is 6.68. The van der Waals surface area contributed by atoms with E-state index < -0.39 is 15.8 Å². The van der Waals surface area contributed by atoms with Crippen molar-refractivity contribution >= 4 is 39.0 Å². The van der Waals surface area contributed by atoms with Gasteiger partial charge < -0.3 is 9.80 Å². The second-order valence-corrected chi connectivity index (χ2v) is 9.61. The number of benzene rings is 2. The third-order valence-electron chi connectivity index (χ3n) is 5.36. The number of carbonyl (C=O) groups excluding carboxylic acids is 1. The van der Waals surface area contributed by atoms with Crippen LogP contribution >= 0.6 is 11.6 Å². The fraction of sp³-hybridized carbons (Fsp3) is 0.174. The Morgan fingerprint density at radius 1 is 1.09 bits per heavy atom. The van der Waals surface area contributed by atoms with Crippen molar-refractivity contribution in [2.24, 2.45) is 0 Å². The van der Waals surface area contributed by atoms with E-state index in [0.29, 0.717) is 37.6 Å². The highest BCUT2D eigenvalue weighted by atomic mass is 35.5. The van der Waals surface area contributed by atoms with Crippen LogP contribution in [-0.4, -0.2) is 50.4 Å². The normalized spacial score (nSPS) is 13.9. The third kappa shape index (κ3) is 4.95. The summed E-state index contributed by atoms with van der Waals surface area (Å²) in [6, 6.07) is 14.2. The minimum absolute atomic E-state index is 0.0441. The van der Waals surface area contributed by atoms with Gasteiger partial charge in [0.1, 0.15) is 17.7 Å². The van der Waals surface area contributed by atoms with Crippen molar-refractivity contribution in [3.63, 3.8) is 0 Å². The largest absolute Gasteiger partial charge is 0.352 e. The molecule has 2 aromatic carbocycles. The van der Waals surface area contributed by atoms with E-state index >= 15 is 0 Å². The summed E-state index contributed by atoms with van der Waals surface area (Å²) in [7, 11) is -4.03. The lowest BCUT2D eigenvalue weighted by atomic mass is 10.1. The maximum atomic E-state index is 13.1. The van der Waals surface area contributed by atoms with Crippen molar-refractivity contribution in [1.29, 1.82) is 5.26 Å². The average molecular weight is 500 g/mol. The van der Waals surface area contributed by atoms with Gasteiger partial charge in [-0.1, -0.05) is 11.6 Å². The second-order valence-electron chi connectivity index (χ2n) is 7.52. The highest BCUT2D eigenvalue weighted by Gasteiger charge is 2.25. The number of pyridine rings is 1. The number of hydrogen-bond donors (Lipinski definition) is 1. The predicted octanol–water partition coefficient (Wildman–Crippen LogP) is 3.51. The van der Waals surface area contributed by atoms with Gasteiger partial charge in [0.05, 0.1) is 21.2 Å². The standard InChI is InChI=1S/C23H19ClFN5O3S/c24-20-8-3-16(14-21(20)28-34(32,33)19-6-4-18(25)5-7-19)23(31)30-12-10-29(11-13-30)22-17(15-26)2-1-9-27-22/h1-9,14,28H,10-13H2. The Labute approximate surface area is 201 Å². The fourth-order valence-corrected chi connectivity index (χ4v) is 4.89. The Hall–Kier alpha value is -3.68. The molecule has 1 aliphatic rings. The summed E-state index contributed by atoms with van der Waals surface area (Å²) in [5.41, 5.74) is 0.783. The van der Waals surface area contributed by atoms with Crippen LogP contribution in [0.4, 0.5) is 15.9 Å². The molecule has 34 heavy (non-hydrogen) atoms. The van der Waals surface area contributed by atoms with E-state index in [0.717, 1.165) is 24.3 Å². The summed E-state index contributed by atoms with van der Waals surface area (Å²) < 4.78 is 40.8. The van der Waals surface area contributed by atoms with Gasteiger partial charge in [-0.15, -0.1) is 0 Å². The van der Waals surface area contributed by atoms with Crippen LogP contribution in [0.3, 0.4) is 0 Å². The molecule has 0 unspecified atom stereocenters. The van der Waals surface area contributed by atoms with Crippen LogP contribution < -0.4 is 9.62 Å². The van der Waals surface area contributed by atoms with E-state index in [9.17, 15) is 22.9 Å². The molecule has 1 aromatic heterocycles. The van der Waals surface area contributed by atoms with Gasteiger partial charge >= 0.3 is 0 Å². The lowest BCUT2D eigenvalue weighted by molar-refractivity contribution is 0.0746. The Bertz CT molecular complexity index is 1370. The van der Waals surface area contributed by atoms with Crippen molar-refractivity contribution in [2.75, 3.05) is 35.8 Å². The third-order valence-corrected chi connectivity index (χ3v) is 7.07. The van der Waals surface area contributed by atoms with E-state index in [1.54, 1.807) is 23.2 Å². The first-order valence-electron chi connectivity index (χ1n) is 10.3. The predicted molar refractivity (Wildman–Crippen MR) is 126 cm³/mol. The van der Waals surface area contributed by atoms with Crippen LogP contribution in [0.25, 0.3) is 0 Å². The summed E-state index contributed by atoms with van der Waals surface area (Å²) >= 11 is 6.17. The minimum atomic E-state index is -4.03. The van der Waals surface area contributed by atoms with Crippen molar-refractivity contribution < 1.29 is 17.6 Å². The number of nitrogens with zero attached hydrogens (tertiary/aromatic N) is 4. The molecule has 174 valence electrons. The lowest BCUT2D eigenvalue weighted by Crippen LogP contribution is -2.49. The zero-order valence-corrected chi connectivity index (χ0v) is 19.4. The smallest absolute Gasteiger partial charge is 0.261 e. The monoisotopic (exact) mass is 499 g/mol. The second kappa shape index (κ2) is 9.67. The van der Waals surface area contributed by atoms with Crippen molar-refractivity contribution in [3.8, 4) is 6.07 Å². The van der Waals surface area contributed by atoms with Crippen molar-refractivity contribution in [3.05, 3.63) is 82.8 Å². The molecule has 1 fully saturated rings. The minimum Gasteiger partial charge on any atom is -0.352 e. The highest BCUT2D eigenvalue weighted by molar-refractivity contribution is 7.92. The molecule has 0 radical (unpaired) electrons. The zero-order valence-electron chi connectivity index (χ0n) is 17.8. The van der Waals surface area contributed by atoms with Gasteiger partial charge in [0, 0.05) is 37.9 Å². The van der Waals surface area contributed by atoms with E-state index in [1.165, 1.54) is 18.2 Å². The Balaban J connectivity index is 1.48. The molecule has 8 nitrogen and oxygen atoms in total. The molecule has 0 bridgehead atoms. The number of carbonyl (C=O) groups is 1. The molecule has 0 atom stereocenters. The summed E-state index contributed by atoms with van der Waals surface area (Å²) in [5.74, 6) is -0.252. The summed E-state index contributed by atoms with van der Waals surface area (Å²) in [4.78, 5) is 20.8. The van der Waals surface area contributed by atoms with E-state index in [1.807, 2.05) is 4.90 Å². The van der Waals surface area contributed by atoms with E-state index in [-0.39, 0.29) is 27.1 Å². The topological polar surface area (TPSA) is 106 Å². The molecule has 1 amide bonds. The maximum Gasteiger partial charge on any atom is 0.261 e. The molecule has 0 aliphatic carbocycles. The Morgan fingerprint density at radius 2 is 1.79 bits per heavy atom. The zero-order chi connectivity index (χ0) is 24.3. The number of anilines is 2. The van der Waals surface area contributed by atoms with E-state index in [2.05, 4.69) is 15.8 Å². The summed E-state index contributed by atoms with van der Waals surface area (Å²) in [6.07, 6.45) is 1.62. The number of sulfonamides is 1. The first kappa shape index (κ1) is 23.5. The van der Waals surface area contributed by atoms with Gasteiger partial charge in [0.15, 0.2) is 0 Å². The van der Waals surface area contributed by atoms with E-state index in [4.69, 9.17) is 11.6 Å². The number of amides is 1. The van der Waals surface area contributed by atoms with Gasteiger partial charge in [-0.05, 0) is 54.6 Å². The lowest BCUT2D eigenvalue weighted by Gasteiger charge is -2.35. The van der Waals surface area contributed by atoms with Gasteiger partial charge in [0.25, 0.3) is 15.9 Å². The first-order chi connectivity index (χ1) is 16.3. The molecule has 1 aliphatic heterocycles. The number of piperazine rings is 1. The van der Waals surface area contributed by atoms with Crippen LogP contribution in [0.5, 0.6) is 0 Å². The summed E-state index contributed by atoms with van der Waals surface area (Å²) in [6.45, 7) is 1.79. The van der Waals surface area contributed by atoms with Crippen LogP contribution in [0, 0.1) is 17.1 Å². The molecule has 4 rings (SSSR count). The number of rotatable bonds is 5. The molecule has 11 heteroatoms. The maximum absolute atomic E-state index is 13.1. The number of nitriles is 1. The molecule has 0 spiro atoms. The van der Waals surface area contributed by atoms with Gasteiger partial charge in [-0.25, -0.2) is 17.8 Å². The number of hydrogen-bond acceptors (Lipinski definition) is 6. The van der Waals surface area contributed by atoms with Crippen LogP contribution in [-0.2, 0) is 10.0 Å². The van der Waals surface area contributed by atoms with Gasteiger partial charge in [-0.2, -0.15) is 5.26 Å². The quantitative estimate of drug-likeness (QED) is 0.575.